The molecule has 0 aromatic heterocycles. The van der Waals surface area contributed by atoms with Gasteiger partial charge in [-0.2, -0.15) is 11.8 Å². The molecule has 1 N–H and O–H groups in total. The van der Waals surface area contributed by atoms with Gasteiger partial charge in [-0.05, 0) is 31.0 Å². The molecule has 4 heteroatoms. The SMILES string of the molecule is COCC(C)Nc1cccc(CN2CCSCC2)c1C. The molecule has 1 aliphatic heterocycles. The molecule has 0 bridgehead atoms. The highest BCUT2D eigenvalue weighted by Gasteiger charge is 2.13. The lowest BCUT2D eigenvalue weighted by Crippen LogP contribution is -2.32. The molecule has 1 aromatic rings. The highest BCUT2D eigenvalue weighted by molar-refractivity contribution is 7.99. The quantitative estimate of drug-likeness (QED) is 0.872. The second-order valence-electron chi connectivity index (χ2n) is 5.48. The van der Waals surface area contributed by atoms with E-state index in [-0.39, 0.29) is 0 Å². The summed E-state index contributed by atoms with van der Waals surface area (Å²) in [6, 6.07) is 6.91. The molecule has 0 radical (unpaired) electrons. The van der Waals surface area contributed by atoms with E-state index >= 15 is 0 Å². The van der Waals surface area contributed by atoms with Crippen molar-refractivity contribution in [2.24, 2.45) is 0 Å². The van der Waals surface area contributed by atoms with Crippen LogP contribution in [0.25, 0.3) is 0 Å². The summed E-state index contributed by atoms with van der Waals surface area (Å²) in [4.78, 5) is 2.56. The average molecular weight is 294 g/mol. The van der Waals surface area contributed by atoms with Crippen molar-refractivity contribution >= 4 is 17.4 Å². The summed E-state index contributed by atoms with van der Waals surface area (Å²) in [5.41, 5.74) is 4.04. The smallest absolute Gasteiger partial charge is 0.0661 e. The first kappa shape index (κ1) is 15.7. The van der Waals surface area contributed by atoms with Crippen molar-refractivity contribution in [2.75, 3.05) is 43.6 Å². The van der Waals surface area contributed by atoms with Crippen LogP contribution < -0.4 is 5.32 Å². The van der Waals surface area contributed by atoms with Crippen molar-refractivity contribution in [1.29, 1.82) is 0 Å². The average Bonchev–Trinajstić information content (AvgIpc) is 2.45. The number of rotatable bonds is 6. The number of benzene rings is 1. The van der Waals surface area contributed by atoms with E-state index in [4.69, 9.17) is 4.74 Å². The highest BCUT2D eigenvalue weighted by Crippen LogP contribution is 2.22. The lowest BCUT2D eigenvalue weighted by Gasteiger charge is -2.27. The van der Waals surface area contributed by atoms with E-state index in [2.05, 4.69) is 54.0 Å². The molecule has 1 aliphatic rings. The molecular weight excluding hydrogens is 268 g/mol. The van der Waals surface area contributed by atoms with Crippen LogP contribution in [0.5, 0.6) is 0 Å². The first-order chi connectivity index (χ1) is 9.70. The topological polar surface area (TPSA) is 24.5 Å². The third-order valence-electron chi connectivity index (χ3n) is 3.76. The van der Waals surface area contributed by atoms with Gasteiger partial charge in [0.2, 0.25) is 0 Å². The fraction of sp³-hybridized carbons (Fsp3) is 0.625. The Hall–Kier alpha value is -0.710. The molecule has 1 heterocycles. The van der Waals surface area contributed by atoms with Crippen LogP contribution in [0.1, 0.15) is 18.1 Å². The van der Waals surface area contributed by atoms with Gasteiger partial charge in [-0.1, -0.05) is 12.1 Å². The zero-order valence-electron chi connectivity index (χ0n) is 12.8. The molecule has 0 saturated carbocycles. The summed E-state index contributed by atoms with van der Waals surface area (Å²) < 4.78 is 5.19. The number of hydrogen-bond acceptors (Lipinski definition) is 4. The maximum Gasteiger partial charge on any atom is 0.0661 e. The van der Waals surface area contributed by atoms with E-state index in [0.717, 1.165) is 13.2 Å². The summed E-state index contributed by atoms with van der Waals surface area (Å²) in [6.07, 6.45) is 0. The maximum atomic E-state index is 5.19. The molecule has 0 amide bonds. The van der Waals surface area contributed by atoms with Crippen molar-refractivity contribution < 1.29 is 4.74 Å². The Morgan fingerprint density at radius 3 is 2.80 bits per heavy atom. The normalized spacial score (nSPS) is 17.9. The van der Waals surface area contributed by atoms with Gasteiger partial charge in [0, 0.05) is 50.0 Å². The molecule has 20 heavy (non-hydrogen) atoms. The minimum absolute atomic E-state index is 0.334. The van der Waals surface area contributed by atoms with E-state index in [0.29, 0.717) is 6.04 Å². The summed E-state index contributed by atoms with van der Waals surface area (Å²) >= 11 is 2.06. The van der Waals surface area contributed by atoms with Crippen molar-refractivity contribution in [3.05, 3.63) is 29.3 Å². The molecule has 3 nitrogen and oxygen atoms in total. The Kier molecular flexibility index (Phi) is 6.20. The second-order valence-corrected chi connectivity index (χ2v) is 6.70. The lowest BCUT2D eigenvalue weighted by atomic mass is 10.1. The standard InChI is InChI=1S/C16H26N2OS/c1-13(12-19-3)17-16-6-4-5-15(14(16)2)11-18-7-9-20-10-8-18/h4-6,13,17H,7-12H2,1-3H3. The number of ether oxygens (including phenoxy) is 1. The Morgan fingerprint density at radius 2 is 2.10 bits per heavy atom. The summed E-state index contributed by atoms with van der Waals surface area (Å²) in [5.74, 6) is 2.53. The van der Waals surface area contributed by atoms with Crippen molar-refractivity contribution in [3.8, 4) is 0 Å². The van der Waals surface area contributed by atoms with Crippen LogP contribution in [0.15, 0.2) is 18.2 Å². The van der Waals surface area contributed by atoms with Gasteiger partial charge in [-0.25, -0.2) is 0 Å². The molecular formula is C16H26N2OS. The molecule has 1 atom stereocenters. The molecule has 1 unspecified atom stereocenters. The fourth-order valence-corrected chi connectivity index (χ4v) is 3.55. The van der Waals surface area contributed by atoms with Gasteiger partial charge in [0.15, 0.2) is 0 Å². The predicted molar refractivity (Wildman–Crippen MR) is 88.7 cm³/mol. The summed E-state index contributed by atoms with van der Waals surface area (Å²) in [7, 11) is 1.75. The van der Waals surface area contributed by atoms with Crippen LogP contribution in [0.4, 0.5) is 5.69 Å². The molecule has 1 aromatic carbocycles. The van der Waals surface area contributed by atoms with E-state index in [1.165, 1.54) is 41.4 Å². The van der Waals surface area contributed by atoms with E-state index in [1.54, 1.807) is 7.11 Å². The minimum Gasteiger partial charge on any atom is -0.383 e. The zero-order valence-corrected chi connectivity index (χ0v) is 13.6. The van der Waals surface area contributed by atoms with Crippen molar-refractivity contribution in [3.63, 3.8) is 0 Å². The van der Waals surface area contributed by atoms with Gasteiger partial charge in [-0.15, -0.1) is 0 Å². The van der Waals surface area contributed by atoms with Gasteiger partial charge in [-0.3, -0.25) is 4.90 Å². The van der Waals surface area contributed by atoms with E-state index in [1.807, 2.05) is 0 Å². The van der Waals surface area contributed by atoms with Crippen LogP contribution in [0, 0.1) is 6.92 Å². The van der Waals surface area contributed by atoms with Gasteiger partial charge >= 0.3 is 0 Å². The molecule has 112 valence electrons. The second kappa shape index (κ2) is 7.91. The first-order valence-corrected chi connectivity index (χ1v) is 8.50. The van der Waals surface area contributed by atoms with Gasteiger partial charge < -0.3 is 10.1 Å². The summed E-state index contributed by atoms with van der Waals surface area (Å²) in [5, 5.41) is 3.54. The first-order valence-electron chi connectivity index (χ1n) is 7.34. The number of thioether (sulfide) groups is 1. The van der Waals surface area contributed by atoms with Crippen LogP contribution in [0.2, 0.25) is 0 Å². The van der Waals surface area contributed by atoms with Gasteiger partial charge in [0.05, 0.1) is 6.61 Å². The largest absolute Gasteiger partial charge is 0.383 e. The number of nitrogens with zero attached hydrogens (tertiary/aromatic N) is 1. The minimum atomic E-state index is 0.334. The molecule has 0 aliphatic carbocycles. The van der Waals surface area contributed by atoms with Crippen LogP contribution >= 0.6 is 11.8 Å². The summed E-state index contributed by atoms with van der Waals surface area (Å²) in [6.45, 7) is 8.59. The fourth-order valence-electron chi connectivity index (χ4n) is 2.57. The number of anilines is 1. The van der Waals surface area contributed by atoms with Gasteiger partial charge in [0.1, 0.15) is 0 Å². The number of methoxy groups -OCH3 is 1. The van der Waals surface area contributed by atoms with E-state index in [9.17, 15) is 0 Å². The Balaban J connectivity index is 2.02. The maximum absolute atomic E-state index is 5.19. The monoisotopic (exact) mass is 294 g/mol. The van der Waals surface area contributed by atoms with E-state index < -0.39 is 0 Å². The molecule has 0 spiro atoms. The highest BCUT2D eigenvalue weighted by atomic mass is 32.2. The molecule has 1 saturated heterocycles. The lowest BCUT2D eigenvalue weighted by molar-refractivity contribution is 0.190. The molecule has 2 rings (SSSR count). The number of hydrogen-bond donors (Lipinski definition) is 1. The predicted octanol–water partition coefficient (Wildman–Crippen LogP) is 2.99. The zero-order chi connectivity index (χ0) is 14.4. The van der Waals surface area contributed by atoms with Gasteiger partial charge in [0.25, 0.3) is 0 Å². The van der Waals surface area contributed by atoms with Crippen molar-refractivity contribution in [1.82, 2.24) is 4.90 Å². The third kappa shape index (κ3) is 4.40. The van der Waals surface area contributed by atoms with Crippen LogP contribution in [-0.4, -0.2) is 49.3 Å². The Labute approximate surface area is 127 Å². The van der Waals surface area contributed by atoms with Crippen LogP contribution in [-0.2, 0) is 11.3 Å². The Bertz CT molecular complexity index is 419. The molecule has 1 fully saturated rings. The van der Waals surface area contributed by atoms with Crippen LogP contribution in [0.3, 0.4) is 0 Å². The number of nitrogens with one attached hydrogen (secondary N) is 1. The van der Waals surface area contributed by atoms with Crippen molar-refractivity contribution in [2.45, 2.75) is 26.4 Å². The third-order valence-corrected chi connectivity index (χ3v) is 4.70. The Morgan fingerprint density at radius 1 is 1.35 bits per heavy atom.